The van der Waals surface area contributed by atoms with Crippen molar-refractivity contribution in [2.75, 3.05) is 10.2 Å². The van der Waals surface area contributed by atoms with E-state index in [1.165, 1.54) is 10.9 Å². The summed E-state index contributed by atoms with van der Waals surface area (Å²) >= 11 is 0. The van der Waals surface area contributed by atoms with E-state index in [1.54, 1.807) is 17.9 Å². The van der Waals surface area contributed by atoms with E-state index in [2.05, 4.69) is 15.5 Å². The van der Waals surface area contributed by atoms with Gasteiger partial charge in [0.15, 0.2) is 5.69 Å². The molecular formula is C19H22N6O4. The number of ether oxygens (including phenoxy) is 1. The van der Waals surface area contributed by atoms with Gasteiger partial charge in [-0.25, -0.2) is 4.90 Å². The molecule has 10 nitrogen and oxygen atoms in total. The van der Waals surface area contributed by atoms with Gasteiger partial charge in [-0.05, 0) is 26.7 Å². The lowest BCUT2D eigenvalue weighted by atomic mass is 9.81. The second-order valence-corrected chi connectivity index (χ2v) is 7.77. The van der Waals surface area contributed by atoms with E-state index in [0.29, 0.717) is 12.2 Å². The molecule has 0 radical (unpaired) electrons. The fraction of sp³-hybridized carbons (Fsp3) is 0.526. The molecule has 0 saturated carbocycles. The standard InChI is InChI=1S/C19H22N6O4/c1-4-24-16(17(26)22-10-7-20-23(3)9(10)2)11(8-21-24)25-18(27)14-12-5-6-13(29-12)15(14)19(25)28/h7-8,12-15H,4-6H2,1-3H3,(H,22,26)/t12-,13-,14-,15-/m1/s1. The molecule has 0 unspecified atom stereocenters. The lowest BCUT2D eigenvalue weighted by molar-refractivity contribution is -0.124. The molecule has 0 spiro atoms. The number of nitrogens with one attached hydrogen (secondary N) is 1. The van der Waals surface area contributed by atoms with Gasteiger partial charge in [-0.15, -0.1) is 0 Å². The molecule has 3 amide bonds. The Balaban J connectivity index is 1.51. The van der Waals surface area contributed by atoms with Crippen LogP contribution < -0.4 is 10.2 Å². The van der Waals surface area contributed by atoms with E-state index in [1.807, 2.05) is 13.8 Å². The van der Waals surface area contributed by atoms with Gasteiger partial charge in [-0.3, -0.25) is 23.7 Å². The van der Waals surface area contributed by atoms with Gasteiger partial charge in [0, 0.05) is 13.6 Å². The summed E-state index contributed by atoms with van der Waals surface area (Å²) in [4.78, 5) is 40.5. The van der Waals surface area contributed by atoms with Gasteiger partial charge in [-0.2, -0.15) is 10.2 Å². The zero-order valence-electron chi connectivity index (χ0n) is 16.5. The number of aromatic nitrogens is 4. The van der Waals surface area contributed by atoms with Crippen LogP contribution in [0.15, 0.2) is 12.4 Å². The number of imide groups is 1. The number of aryl methyl sites for hydroxylation is 2. The zero-order chi connectivity index (χ0) is 20.4. The first-order valence-corrected chi connectivity index (χ1v) is 9.81. The molecule has 3 saturated heterocycles. The van der Waals surface area contributed by atoms with Crippen molar-refractivity contribution >= 4 is 29.1 Å². The summed E-state index contributed by atoms with van der Waals surface area (Å²) in [5.74, 6) is -1.94. The minimum absolute atomic E-state index is 0.186. The smallest absolute Gasteiger partial charge is 0.276 e. The Morgan fingerprint density at radius 1 is 1.17 bits per heavy atom. The Bertz CT molecular complexity index is 1010. The predicted molar refractivity (Wildman–Crippen MR) is 101 cm³/mol. The van der Waals surface area contributed by atoms with Gasteiger partial charge in [0.2, 0.25) is 11.8 Å². The van der Waals surface area contributed by atoms with E-state index >= 15 is 0 Å². The zero-order valence-corrected chi connectivity index (χ0v) is 16.5. The minimum atomic E-state index is -0.456. The summed E-state index contributed by atoms with van der Waals surface area (Å²) in [6.45, 7) is 4.11. The number of fused-ring (bicyclic) bond motifs is 5. The average Bonchev–Trinajstić information content (AvgIpc) is 3.49. The number of carbonyl (C=O) groups excluding carboxylic acids is 3. The summed E-state index contributed by atoms with van der Waals surface area (Å²) in [5, 5.41) is 11.2. The van der Waals surface area contributed by atoms with E-state index in [4.69, 9.17) is 4.74 Å². The fourth-order valence-electron chi connectivity index (χ4n) is 4.76. The van der Waals surface area contributed by atoms with Crippen LogP contribution in [0.5, 0.6) is 0 Å². The topological polar surface area (TPSA) is 111 Å². The SMILES string of the molecule is CCn1ncc(N2C(=O)[C@H]3[C@H](C2=O)[C@H]2CC[C@H]3O2)c1C(=O)Nc1cnn(C)c1C. The van der Waals surface area contributed by atoms with E-state index in [0.717, 1.165) is 23.4 Å². The molecule has 5 heterocycles. The van der Waals surface area contributed by atoms with Crippen LogP contribution >= 0.6 is 0 Å². The van der Waals surface area contributed by atoms with Crippen LogP contribution in [-0.4, -0.2) is 49.5 Å². The van der Waals surface area contributed by atoms with Crippen LogP contribution in [0, 0.1) is 18.8 Å². The highest BCUT2D eigenvalue weighted by Gasteiger charge is 2.63. The molecule has 0 aromatic carbocycles. The molecule has 4 atom stereocenters. The highest BCUT2D eigenvalue weighted by molar-refractivity contribution is 6.25. The molecule has 2 aromatic rings. The van der Waals surface area contributed by atoms with Gasteiger partial charge < -0.3 is 10.1 Å². The molecule has 0 aliphatic carbocycles. The maximum Gasteiger partial charge on any atom is 0.276 e. The summed E-state index contributed by atoms with van der Waals surface area (Å²) in [5.41, 5.74) is 1.77. The molecule has 29 heavy (non-hydrogen) atoms. The first-order valence-electron chi connectivity index (χ1n) is 9.81. The fourth-order valence-corrected chi connectivity index (χ4v) is 4.76. The van der Waals surface area contributed by atoms with E-state index < -0.39 is 17.7 Å². The molecule has 2 aromatic heterocycles. The van der Waals surface area contributed by atoms with Crippen molar-refractivity contribution in [2.45, 2.75) is 45.4 Å². The van der Waals surface area contributed by atoms with Crippen LogP contribution in [0.4, 0.5) is 11.4 Å². The highest BCUT2D eigenvalue weighted by Crippen LogP contribution is 2.49. The minimum Gasteiger partial charge on any atom is -0.373 e. The van der Waals surface area contributed by atoms with Crippen molar-refractivity contribution in [1.29, 1.82) is 0 Å². The number of carbonyl (C=O) groups is 3. The molecule has 3 fully saturated rings. The molecule has 152 valence electrons. The molecular weight excluding hydrogens is 376 g/mol. The number of hydrogen-bond acceptors (Lipinski definition) is 6. The first-order chi connectivity index (χ1) is 13.9. The molecule has 1 N–H and O–H groups in total. The van der Waals surface area contributed by atoms with Gasteiger partial charge in [0.05, 0.1) is 47.8 Å². The molecule has 2 bridgehead atoms. The lowest BCUT2D eigenvalue weighted by Gasteiger charge is -2.18. The first kappa shape index (κ1) is 18.0. The van der Waals surface area contributed by atoms with Crippen molar-refractivity contribution in [3.63, 3.8) is 0 Å². The highest BCUT2D eigenvalue weighted by atomic mass is 16.5. The van der Waals surface area contributed by atoms with Gasteiger partial charge in [0.25, 0.3) is 5.91 Å². The van der Waals surface area contributed by atoms with Crippen molar-refractivity contribution in [2.24, 2.45) is 18.9 Å². The van der Waals surface area contributed by atoms with Crippen molar-refractivity contribution in [3.05, 3.63) is 23.8 Å². The predicted octanol–water partition coefficient (Wildman–Crippen LogP) is 0.864. The third-order valence-corrected chi connectivity index (χ3v) is 6.34. The Labute approximate surface area is 166 Å². The molecule has 10 heteroatoms. The quantitative estimate of drug-likeness (QED) is 0.765. The Hall–Kier alpha value is -3.01. The average molecular weight is 398 g/mol. The summed E-state index contributed by atoms with van der Waals surface area (Å²) in [6, 6.07) is 0. The van der Waals surface area contributed by atoms with Gasteiger partial charge in [0.1, 0.15) is 5.69 Å². The number of hydrogen-bond donors (Lipinski definition) is 1. The third-order valence-electron chi connectivity index (χ3n) is 6.34. The molecule has 3 aliphatic rings. The second kappa shape index (κ2) is 6.24. The van der Waals surface area contributed by atoms with Crippen molar-refractivity contribution in [1.82, 2.24) is 19.6 Å². The lowest BCUT2D eigenvalue weighted by Crippen LogP contribution is -2.35. The van der Waals surface area contributed by atoms with Crippen LogP contribution in [0.2, 0.25) is 0 Å². The van der Waals surface area contributed by atoms with E-state index in [9.17, 15) is 14.4 Å². The van der Waals surface area contributed by atoms with Crippen LogP contribution in [0.1, 0.15) is 35.9 Å². The van der Waals surface area contributed by atoms with Gasteiger partial charge in [-0.1, -0.05) is 0 Å². The summed E-state index contributed by atoms with van der Waals surface area (Å²) in [7, 11) is 1.78. The number of rotatable bonds is 4. The molecule has 5 rings (SSSR count). The second-order valence-electron chi connectivity index (χ2n) is 7.77. The Morgan fingerprint density at radius 3 is 2.38 bits per heavy atom. The maximum absolute atomic E-state index is 13.1. The Kier molecular flexibility index (Phi) is 3.89. The normalized spacial score (nSPS) is 27.8. The number of amides is 3. The number of nitrogens with zero attached hydrogens (tertiary/aromatic N) is 5. The summed E-state index contributed by atoms with van der Waals surface area (Å²) in [6.07, 6.45) is 4.16. The van der Waals surface area contributed by atoms with Crippen LogP contribution in [0.25, 0.3) is 0 Å². The Morgan fingerprint density at radius 2 is 1.83 bits per heavy atom. The largest absolute Gasteiger partial charge is 0.373 e. The third kappa shape index (κ3) is 2.41. The van der Waals surface area contributed by atoms with Crippen LogP contribution in [0.3, 0.4) is 0 Å². The maximum atomic E-state index is 13.1. The monoisotopic (exact) mass is 398 g/mol. The van der Waals surface area contributed by atoms with Crippen molar-refractivity contribution in [3.8, 4) is 0 Å². The van der Waals surface area contributed by atoms with Crippen molar-refractivity contribution < 1.29 is 19.1 Å². The van der Waals surface area contributed by atoms with Gasteiger partial charge >= 0.3 is 0 Å². The summed E-state index contributed by atoms with van der Waals surface area (Å²) < 4.78 is 8.93. The molecule has 3 aliphatic heterocycles. The van der Waals surface area contributed by atoms with E-state index in [-0.39, 0.29) is 35.4 Å². The van der Waals surface area contributed by atoms with Crippen LogP contribution in [-0.2, 0) is 27.9 Å². The number of anilines is 2.